The van der Waals surface area contributed by atoms with E-state index in [0.717, 1.165) is 49.3 Å². The summed E-state index contributed by atoms with van der Waals surface area (Å²) < 4.78 is 84.9. The molecule has 0 aliphatic heterocycles. The first-order valence-corrected chi connectivity index (χ1v) is 11.7. The van der Waals surface area contributed by atoms with Gasteiger partial charge in [0, 0.05) is 6.54 Å². The molecule has 0 fully saturated rings. The highest BCUT2D eigenvalue weighted by atomic mass is 35.5. The van der Waals surface area contributed by atoms with E-state index in [4.69, 9.17) is 4.74 Å². The predicted molar refractivity (Wildman–Crippen MR) is 134 cm³/mol. The van der Waals surface area contributed by atoms with Gasteiger partial charge in [0.1, 0.15) is 12.4 Å². The lowest BCUT2D eigenvalue weighted by Crippen LogP contribution is -2.26. The van der Waals surface area contributed by atoms with Crippen LogP contribution in [0, 0.1) is 5.92 Å². The Morgan fingerprint density at radius 1 is 0.784 bits per heavy atom. The number of aryl methyl sites for hydroxylation is 1. The molecule has 200 valence electrons. The van der Waals surface area contributed by atoms with Crippen molar-refractivity contribution in [3.05, 3.63) is 88.5 Å². The Balaban J connectivity index is 0.00000380. The van der Waals surface area contributed by atoms with Gasteiger partial charge < -0.3 is 9.64 Å². The first-order chi connectivity index (χ1) is 16.9. The van der Waals surface area contributed by atoms with Crippen LogP contribution < -0.4 is 4.74 Å². The van der Waals surface area contributed by atoms with Crippen LogP contribution in [0.25, 0.3) is 11.1 Å². The number of ether oxygens (including phenoxy) is 1. The lowest BCUT2D eigenvalue weighted by atomic mass is 9.83. The minimum absolute atomic E-state index is 0. The van der Waals surface area contributed by atoms with Crippen molar-refractivity contribution >= 4 is 12.4 Å². The third-order valence-corrected chi connectivity index (χ3v) is 6.41. The van der Waals surface area contributed by atoms with Crippen LogP contribution >= 0.6 is 12.4 Å². The van der Waals surface area contributed by atoms with Crippen molar-refractivity contribution < 1.29 is 31.1 Å². The van der Waals surface area contributed by atoms with Gasteiger partial charge >= 0.3 is 12.4 Å². The molecule has 0 saturated heterocycles. The van der Waals surface area contributed by atoms with Gasteiger partial charge in [0.2, 0.25) is 0 Å². The van der Waals surface area contributed by atoms with E-state index < -0.39 is 23.5 Å². The Bertz CT molecular complexity index is 1170. The third-order valence-electron chi connectivity index (χ3n) is 6.41. The van der Waals surface area contributed by atoms with E-state index >= 15 is 0 Å². The highest BCUT2D eigenvalue weighted by molar-refractivity contribution is 5.85. The highest BCUT2D eigenvalue weighted by Gasteiger charge is 2.37. The summed E-state index contributed by atoms with van der Waals surface area (Å²) in [5.41, 5.74) is 0.821. The summed E-state index contributed by atoms with van der Waals surface area (Å²) in [6.07, 6.45) is -6.60. The van der Waals surface area contributed by atoms with Gasteiger partial charge in [0.25, 0.3) is 0 Å². The Morgan fingerprint density at radius 3 is 1.97 bits per heavy atom. The van der Waals surface area contributed by atoms with E-state index in [1.165, 1.54) is 23.3 Å². The van der Waals surface area contributed by atoms with Crippen molar-refractivity contribution in [1.82, 2.24) is 4.90 Å². The summed E-state index contributed by atoms with van der Waals surface area (Å²) in [7, 11) is 4.16. The van der Waals surface area contributed by atoms with Crippen LogP contribution in [0.5, 0.6) is 5.75 Å². The predicted octanol–water partition coefficient (Wildman–Crippen LogP) is 8.06. The Kier molecular flexibility index (Phi) is 8.85. The maximum Gasteiger partial charge on any atom is 0.416 e. The largest absolute Gasteiger partial charge is 0.489 e. The first kappa shape index (κ1) is 28.9. The summed E-state index contributed by atoms with van der Waals surface area (Å²) in [5.74, 6) is 1.37. The van der Waals surface area contributed by atoms with Gasteiger partial charge in [-0.3, -0.25) is 0 Å². The maximum atomic E-state index is 13.2. The number of hydrogen-bond donors (Lipinski definition) is 0. The van der Waals surface area contributed by atoms with Gasteiger partial charge in [-0.1, -0.05) is 30.3 Å². The van der Waals surface area contributed by atoms with Gasteiger partial charge in [0.15, 0.2) is 0 Å². The molecule has 3 aromatic rings. The van der Waals surface area contributed by atoms with Crippen molar-refractivity contribution in [2.24, 2.45) is 5.92 Å². The Hall–Kier alpha value is -2.71. The zero-order valence-electron chi connectivity index (χ0n) is 20.4. The fraction of sp³-hybridized carbons (Fsp3) is 0.357. The molecule has 0 bridgehead atoms. The molecule has 2 nitrogen and oxygen atoms in total. The van der Waals surface area contributed by atoms with Gasteiger partial charge in [-0.25, -0.2) is 0 Å². The minimum Gasteiger partial charge on any atom is -0.489 e. The van der Waals surface area contributed by atoms with Crippen molar-refractivity contribution in [1.29, 1.82) is 0 Å². The van der Waals surface area contributed by atoms with E-state index in [0.29, 0.717) is 5.92 Å². The second kappa shape index (κ2) is 11.4. The molecule has 0 aromatic heterocycles. The molecule has 0 spiro atoms. The van der Waals surface area contributed by atoms with E-state index in [1.807, 2.05) is 6.07 Å². The van der Waals surface area contributed by atoms with E-state index in [9.17, 15) is 26.3 Å². The second-order valence-corrected chi connectivity index (χ2v) is 9.58. The summed E-state index contributed by atoms with van der Waals surface area (Å²) in [5, 5.41) is 0. The van der Waals surface area contributed by atoms with Crippen molar-refractivity contribution in [2.45, 2.75) is 38.2 Å². The molecule has 1 aliphatic rings. The van der Waals surface area contributed by atoms with Crippen LogP contribution in [0.1, 0.15) is 34.2 Å². The molecule has 0 radical (unpaired) electrons. The molecule has 0 amide bonds. The minimum atomic E-state index is -4.88. The van der Waals surface area contributed by atoms with Crippen molar-refractivity contribution in [2.75, 3.05) is 20.6 Å². The van der Waals surface area contributed by atoms with Crippen LogP contribution in [0.3, 0.4) is 0 Å². The molecule has 3 aromatic carbocycles. The summed E-state index contributed by atoms with van der Waals surface area (Å²) >= 11 is 0. The van der Waals surface area contributed by atoms with Crippen LogP contribution in [0.4, 0.5) is 26.3 Å². The Labute approximate surface area is 218 Å². The number of halogens is 7. The number of nitrogens with zero attached hydrogens (tertiary/aromatic N) is 1. The van der Waals surface area contributed by atoms with E-state index in [-0.39, 0.29) is 36.2 Å². The van der Waals surface area contributed by atoms with Gasteiger partial charge in [-0.05, 0) is 97.4 Å². The summed E-state index contributed by atoms with van der Waals surface area (Å²) in [4.78, 5) is 2.21. The smallest absolute Gasteiger partial charge is 0.416 e. The van der Waals surface area contributed by atoms with Gasteiger partial charge in [0.05, 0.1) is 11.1 Å². The fourth-order valence-electron chi connectivity index (χ4n) is 4.65. The maximum absolute atomic E-state index is 13.2. The molecule has 0 N–H and O–H groups in total. The molecule has 9 heteroatoms. The molecular weight excluding hydrogens is 516 g/mol. The molecule has 0 heterocycles. The lowest BCUT2D eigenvalue weighted by Gasteiger charge is -2.27. The van der Waals surface area contributed by atoms with E-state index in [1.54, 1.807) is 12.1 Å². The fourth-order valence-corrected chi connectivity index (χ4v) is 4.65. The number of hydrogen-bond acceptors (Lipinski definition) is 2. The van der Waals surface area contributed by atoms with E-state index in [2.05, 4.69) is 31.1 Å². The van der Waals surface area contributed by atoms with Crippen LogP contribution in [0.15, 0.2) is 60.7 Å². The zero-order chi connectivity index (χ0) is 26.1. The van der Waals surface area contributed by atoms with Crippen LogP contribution in [-0.2, 0) is 31.8 Å². The van der Waals surface area contributed by atoms with Crippen molar-refractivity contribution in [3.63, 3.8) is 0 Å². The highest BCUT2D eigenvalue weighted by Crippen LogP contribution is 2.38. The summed E-state index contributed by atoms with van der Waals surface area (Å²) in [6, 6.07) is 14.0. The van der Waals surface area contributed by atoms with Gasteiger partial charge in [-0.15, -0.1) is 12.4 Å². The first-order valence-electron chi connectivity index (χ1n) is 11.7. The topological polar surface area (TPSA) is 12.5 Å². The molecule has 1 aliphatic carbocycles. The summed E-state index contributed by atoms with van der Waals surface area (Å²) in [6.45, 7) is 1.30. The average molecular weight is 544 g/mol. The molecule has 0 saturated carbocycles. The van der Waals surface area contributed by atoms with Crippen LogP contribution in [-0.4, -0.2) is 25.5 Å². The lowest BCUT2D eigenvalue weighted by molar-refractivity contribution is -0.143. The molecular formula is C28H28ClF6NO. The standard InChI is InChI=1S/C28H27F6NO.ClH/c1-35(2)16-19-5-8-22-14-26(10-9-21(22)11-19)36-17-18-3-6-20(7-4-18)23-12-24(27(29,30)31)15-25(13-23)28(32,33)34;/h3-4,6-7,9-10,12-15,19H,5,8,11,16-17H2,1-2H3;1H. The quantitative estimate of drug-likeness (QED) is 0.292. The number of rotatable bonds is 6. The third kappa shape index (κ3) is 7.42. The number of benzene rings is 3. The molecule has 1 unspecified atom stereocenters. The van der Waals surface area contributed by atoms with Crippen molar-refractivity contribution in [3.8, 4) is 16.9 Å². The molecule has 37 heavy (non-hydrogen) atoms. The monoisotopic (exact) mass is 543 g/mol. The normalized spacial score (nSPS) is 15.8. The zero-order valence-corrected chi connectivity index (χ0v) is 21.2. The SMILES string of the molecule is CN(C)CC1CCc2cc(OCc3ccc(-c4cc(C(F)(F)F)cc(C(F)(F)F)c4)cc3)ccc2C1.Cl. The number of alkyl halides is 6. The Morgan fingerprint density at radius 2 is 1.41 bits per heavy atom. The average Bonchev–Trinajstić information content (AvgIpc) is 2.81. The molecule has 1 atom stereocenters. The molecule has 4 rings (SSSR count). The van der Waals surface area contributed by atoms with Crippen LogP contribution in [0.2, 0.25) is 0 Å². The second-order valence-electron chi connectivity index (χ2n) is 9.58. The van der Waals surface area contributed by atoms with Gasteiger partial charge in [-0.2, -0.15) is 26.3 Å². The number of fused-ring (bicyclic) bond motifs is 1.